The summed E-state index contributed by atoms with van der Waals surface area (Å²) in [5.74, 6) is 0.821. The first-order valence-electron chi connectivity index (χ1n) is 5.03. The average Bonchev–Trinajstić information content (AvgIpc) is 2.63. The summed E-state index contributed by atoms with van der Waals surface area (Å²) in [5.41, 5.74) is 7.94. The quantitative estimate of drug-likeness (QED) is 0.811. The third-order valence-corrected chi connectivity index (χ3v) is 2.37. The Bertz CT molecular complexity index is 564. The van der Waals surface area contributed by atoms with Gasteiger partial charge in [0.2, 0.25) is 11.8 Å². The number of hydrogen-bond donors (Lipinski definition) is 2. The van der Waals surface area contributed by atoms with Gasteiger partial charge in [0, 0.05) is 17.5 Å². The molecular formula is C11H12N4OS. The monoisotopic (exact) mass is 248 g/mol. The first kappa shape index (κ1) is 11.5. The molecule has 3 N–H and O–H groups in total. The van der Waals surface area contributed by atoms with Crippen molar-refractivity contribution in [2.75, 3.05) is 0 Å². The molecule has 0 aliphatic rings. The van der Waals surface area contributed by atoms with E-state index >= 15 is 0 Å². The Kier molecular flexibility index (Phi) is 3.06. The molecule has 88 valence electrons. The molecule has 0 radical (unpaired) electrons. The van der Waals surface area contributed by atoms with Crippen molar-refractivity contribution < 1.29 is 4.74 Å². The van der Waals surface area contributed by atoms with Gasteiger partial charge in [-0.15, -0.1) is 5.10 Å². The minimum atomic E-state index is 0.250. The SMILES string of the molecule is Cc1ccc(C(N)=S)c(Oc2cc(C)[nH]n2)n1. The van der Waals surface area contributed by atoms with E-state index in [1.807, 2.05) is 19.9 Å². The molecule has 2 aromatic rings. The first-order valence-corrected chi connectivity index (χ1v) is 5.44. The predicted octanol–water partition coefficient (Wildman–Crippen LogP) is 1.85. The van der Waals surface area contributed by atoms with Crippen LogP contribution in [-0.4, -0.2) is 20.2 Å². The number of nitrogens with one attached hydrogen (secondary N) is 1. The number of thiocarbonyl (C=S) groups is 1. The smallest absolute Gasteiger partial charge is 0.240 e. The van der Waals surface area contributed by atoms with Gasteiger partial charge in [0.25, 0.3) is 0 Å². The third-order valence-electron chi connectivity index (χ3n) is 2.15. The second-order valence-electron chi connectivity index (χ2n) is 3.66. The minimum Gasteiger partial charge on any atom is -0.418 e. The normalized spacial score (nSPS) is 10.2. The maximum absolute atomic E-state index is 5.61. The molecule has 0 aromatic carbocycles. The topological polar surface area (TPSA) is 76.8 Å². The second kappa shape index (κ2) is 4.50. The van der Waals surface area contributed by atoms with Crippen molar-refractivity contribution in [2.45, 2.75) is 13.8 Å². The number of nitrogens with zero attached hydrogens (tertiary/aromatic N) is 2. The van der Waals surface area contributed by atoms with Crippen LogP contribution in [0.1, 0.15) is 17.0 Å². The van der Waals surface area contributed by atoms with Crippen LogP contribution in [-0.2, 0) is 0 Å². The van der Waals surface area contributed by atoms with Crippen molar-refractivity contribution in [1.29, 1.82) is 0 Å². The lowest BCUT2D eigenvalue weighted by Gasteiger charge is -2.07. The Morgan fingerprint density at radius 2 is 2.18 bits per heavy atom. The van der Waals surface area contributed by atoms with Gasteiger partial charge < -0.3 is 10.5 Å². The zero-order valence-corrected chi connectivity index (χ0v) is 10.3. The van der Waals surface area contributed by atoms with E-state index < -0.39 is 0 Å². The van der Waals surface area contributed by atoms with E-state index in [0.717, 1.165) is 11.4 Å². The number of H-pyrrole nitrogens is 1. The van der Waals surface area contributed by atoms with Crippen LogP contribution in [0.15, 0.2) is 18.2 Å². The summed E-state index contributed by atoms with van der Waals surface area (Å²) in [4.78, 5) is 4.51. The third kappa shape index (κ3) is 2.59. The van der Waals surface area contributed by atoms with E-state index in [0.29, 0.717) is 17.3 Å². The molecule has 17 heavy (non-hydrogen) atoms. The van der Waals surface area contributed by atoms with Crippen LogP contribution < -0.4 is 10.5 Å². The Balaban J connectivity index is 2.37. The van der Waals surface area contributed by atoms with Crippen LogP contribution in [0.3, 0.4) is 0 Å². The van der Waals surface area contributed by atoms with Crippen LogP contribution in [0, 0.1) is 13.8 Å². The molecule has 0 amide bonds. The molecule has 0 fully saturated rings. The second-order valence-corrected chi connectivity index (χ2v) is 4.10. The number of aromatic amines is 1. The summed E-state index contributed by atoms with van der Waals surface area (Å²) in [7, 11) is 0. The first-order chi connectivity index (χ1) is 8.06. The molecule has 0 atom stereocenters. The number of rotatable bonds is 3. The molecular weight excluding hydrogens is 236 g/mol. The molecule has 2 heterocycles. The van der Waals surface area contributed by atoms with Gasteiger partial charge in [0.15, 0.2) is 0 Å². The Morgan fingerprint density at radius 1 is 1.41 bits per heavy atom. The van der Waals surface area contributed by atoms with E-state index in [4.69, 9.17) is 22.7 Å². The molecule has 0 unspecified atom stereocenters. The molecule has 0 spiro atoms. The highest BCUT2D eigenvalue weighted by molar-refractivity contribution is 7.80. The largest absolute Gasteiger partial charge is 0.418 e. The Hall–Kier alpha value is -1.95. The summed E-state index contributed by atoms with van der Waals surface area (Å²) in [6.07, 6.45) is 0. The van der Waals surface area contributed by atoms with Crippen molar-refractivity contribution >= 4 is 17.2 Å². The Labute approximate surface area is 104 Å². The van der Waals surface area contributed by atoms with Gasteiger partial charge in [-0.25, -0.2) is 4.98 Å². The molecule has 0 bridgehead atoms. The van der Waals surface area contributed by atoms with Crippen LogP contribution in [0.2, 0.25) is 0 Å². The van der Waals surface area contributed by atoms with E-state index in [-0.39, 0.29) is 4.99 Å². The molecule has 0 aliphatic carbocycles. The number of nitrogens with two attached hydrogens (primary N) is 1. The van der Waals surface area contributed by atoms with Crippen LogP contribution in [0.25, 0.3) is 0 Å². The lowest BCUT2D eigenvalue weighted by Crippen LogP contribution is -2.12. The number of pyridine rings is 1. The molecule has 0 saturated heterocycles. The van der Waals surface area contributed by atoms with Gasteiger partial charge in [0.1, 0.15) is 4.99 Å². The van der Waals surface area contributed by atoms with Crippen molar-refractivity contribution in [3.63, 3.8) is 0 Å². The maximum atomic E-state index is 5.61. The van der Waals surface area contributed by atoms with Gasteiger partial charge in [0.05, 0.1) is 5.56 Å². The molecule has 2 aromatic heterocycles. The van der Waals surface area contributed by atoms with Crippen LogP contribution >= 0.6 is 12.2 Å². The summed E-state index contributed by atoms with van der Waals surface area (Å²) in [5, 5.41) is 6.76. The molecule has 5 nitrogen and oxygen atoms in total. The zero-order valence-electron chi connectivity index (χ0n) is 9.52. The number of ether oxygens (including phenoxy) is 1. The highest BCUT2D eigenvalue weighted by Crippen LogP contribution is 2.22. The van der Waals surface area contributed by atoms with Gasteiger partial charge >= 0.3 is 0 Å². The van der Waals surface area contributed by atoms with E-state index in [2.05, 4.69) is 15.2 Å². The van der Waals surface area contributed by atoms with E-state index in [9.17, 15) is 0 Å². The van der Waals surface area contributed by atoms with Crippen molar-refractivity contribution in [3.05, 3.63) is 35.2 Å². The van der Waals surface area contributed by atoms with Gasteiger partial charge in [-0.05, 0) is 26.0 Å². The average molecular weight is 248 g/mol. The summed E-state index contributed by atoms with van der Waals surface area (Å²) in [6, 6.07) is 5.39. The van der Waals surface area contributed by atoms with Crippen molar-refractivity contribution in [1.82, 2.24) is 15.2 Å². The highest BCUT2D eigenvalue weighted by atomic mass is 32.1. The van der Waals surface area contributed by atoms with Gasteiger partial charge in [-0.1, -0.05) is 12.2 Å². The van der Waals surface area contributed by atoms with E-state index in [1.54, 1.807) is 12.1 Å². The van der Waals surface area contributed by atoms with E-state index in [1.165, 1.54) is 0 Å². The molecule has 0 saturated carbocycles. The summed E-state index contributed by atoms with van der Waals surface area (Å²) in [6.45, 7) is 3.75. The fraction of sp³-hybridized carbons (Fsp3) is 0.182. The standard InChI is InChI=1S/C11H12N4OS/c1-6-3-4-8(10(12)17)11(13-6)16-9-5-7(2)14-15-9/h3-5H,1-2H3,(H2,12,17)(H,14,15). The number of aromatic nitrogens is 3. The fourth-order valence-electron chi connectivity index (χ4n) is 1.34. The highest BCUT2D eigenvalue weighted by Gasteiger charge is 2.11. The van der Waals surface area contributed by atoms with Crippen molar-refractivity contribution in [2.24, 2.45) is 5.73 Å². The van der Waals surface area contributed by atoms with Crippen LogP contribution in [0.4, 0.5) is 0 Å². The fourth-order valence-corrected chi connectivity index (χ4v) is 1.50. The van der Waals surface area contributed by atoms with Crippen molar-refractivity contribution in [3.8, 4) is 11.8 Å². The summed E-state index contributed by atoms with van der Waals surface area (Å²) < 4.78 is 5.55. The Morgan fingerprint density at radius 3 is 2.76 bits per heavy atom. The number of aryl methyl sites for hydroxylation is 2. The lowest BCUT2D eigenvalue weighted by atomic mass is 10.2. The minimum absolute atomic E-state index is 0.250. The lowest BCUT2D eigenvalue weighted by molar-refractivity contribution is 0.441. The zero-order chi connectivity index (χ0) is 12.4. The summed E-state index contributed by atoms with van der Waals surface area (Å²) >= 11 is 4.94. The molecule has 0 aliphatic heterocycles. The number of hydrogen-bond acceptors (Lipinski definition) is 4. The molecule has 6 heteroatoms. The molecule has 2 rings (SSSR count). The van der Waals surface area contributed by atoms with Gasteiger partial charge in [-0.2, -0.15) is 0 Å². The van der Waals surface area contributed by atoms with Crippen LogP contribution in [0.5, 0.6) is 11.8 Å². The van der Waals surface area contributed by atoms with Gasteiger partial charge in [-0.3, -0.25) is 5.10 Å². The predicted molar refractivity (Wildman–Crippen MR) is 68.3 cm³/mol. The maximum Gasteiger partial charge on any atom is 0.240 e.